The van der Waals surface area contributed by atoms with E-state index < -0.39 is 39.2 Å². The van der Waals surface area contributed by atoms with E-state index in [0.29, 0.717) is 0 Å². The van der Waals surface area contributed by atoms with Crippen molar-refractivity contribution in [3.8, 4) is 0 Å². The van der Waals surface area contributed by atoms with Crippen LogP contribution in [0, 0.1) is 11.8 Å². The first-order valence-corrected chi connectivity index (χ1v) is 9.40. The van der Waals surface area contributed by atoms with Gasteiger partial charge in [0, 0.05) is 35.6 Å². The fraction of sp³-hybridized carbons (Fsp3) is 0.500. The van der Waals surface area contributed by atoms with Crippen LogP contribution in [0.3, 0.4) is 0 Å². The predicted octanol–water partition coefficient (Wildman–Crippen LogP) is 2.70. The predicted molar refractivity (Wildman–Crippen MR) is 80.8 cm³/mol. The lowest BCUT2D eigenvalue weighted by Gasteiger charge is -2.16. The van der Waals surface area contributed by atoms with Crippen molar-refractivity contribution < 1.29 is 26.7 Å². The molecule has 0 saturated carbocycles. The normalized spacial score (nSPS) is 21.7. The number of likely N-dealkylation sites (tertiary alicyclic amines) is 1. The SMILES string of the molecule is O=C(OCc1ccccc1)N1CC(CS(=O)(=O)Cl)C(C(F)F)C1. The monoisotopic (exact) mass is 367 g/mol. The zero-order valence-corrected chi connectivity index (χ0v) is 13.6. The van der Waals surface area contributed by atoms with Crippen LogP contribution in [0.2, 0.25) is 0 Å². The second-order valence-corrected chi connectivity index (χ2v) is 8.23. The Balaban J connectivity index is 1.96. The molecule has 1 aliphatic heterocycles. The van der Waals surface area contributed by atoms with Gasteiger partial charge < -0.3 is 9.64 Å². The summed E-state index contributed by atoms with van der Waals surface area (Å²) >= 11 is 0. The van der Waals surface area contributed by atoms with Crippen molar-refractivity contribution in [1.82, 2.24) is 4.90 Å². The molecule has 0 N–H and O–H groups in total. The van der Waals surface area contributed by atoms with Crippen molar-refractivity contribution in [2.45, 2.75) is 13.0 Å². The van der Waals surface area contributed by atoms with Gasteiger partial charge in [-0.2, -0.15) is 0 Å². The molecule has 0 spiro atoms. The van der Waals surface area contributed by atoms with Crippen LogP contribution in [0.4, 0.5) is 13.6 Å². The molecule has 0 aliphatic carbocycles. The highest BCUT2D eigenvalue weighted by Gasteiger charge is 2.42. The Morgan fingerprint density at radius 2 is 1.96 bits per heavy atom. The molecule has 1 heterocycles. The number of alkyl halides is 2. The van der Waals surface area contributed by atoms with Crippen molar-refractivity contribution in [3.63, 3.8) is 0 Å². The Bertz CT molecular complexity index is 641. The lowest BCUT2D eigenvalue weighted by atomic mass is 9.99. The molecular formula is C14H16ClF2NO4S. The van der Waals surface area contributed by atoms with Gasteiger partial charge in [-0.15, -0.1) is 0 Å². The number of hydrogen-bond donors (Lipinski definition) is 0. The first kappa shape index (κ1) is 17.9. The number of nitrogens with zero attached hydrogens (tertiary/aromatic N) is 1. The van der Waals surface area contributed by atoms with Crippen LogP contribution in [-0.4, -0.2) is 44.7 Å². The lowest BCUT2D eigenvalue weighted by molar-refractivity contribution is 0.0626. The summed E-state index contributed by atoms with van der Waals surface area (Å²) in [5.74, 6) is -2.72. The third kappa shape index (κ3) is 5.31. The second kappa shape index (κ2) is 7.44. The van der Waals surface area contributed by atoms with Gasteiger partial charge in [0.1, 0.15) is 6.61 Å². The quantitative estimate of drug-likeness (QED) is 0.751. The van der Waals surface area contributed by atoms with E-state index in [4.69, 9.17) is 15.4 Å². The summed E-state index contributed by atoms with van der Waals surface area (Å²) in [6, 6.07) is 8.92. The maximum Gasteiger partial charge on any atom is 0.410 e. The van der Waals surface area contributed by atoms with E-state index in [1.54, 1.807) is 24.3 Å². The molecule has 2 atom stereocenters. The van der Waals surface area contributed by atoms with Gasteiger partial charge in [0.2, 0.25) is 15.5 Å². The third-order valence-corrected chi connectivity index (χ3v) is 4.90. The molecule has 1 fully saturated rings. The molecule has 1 saturated heterocycles. The average molecular weight is 368 g/mol. The van der Waals surface area contributed by atoms with Crippen molar-refractivity contribution in [2.75, 3.05) is 18.8 Å². The summed E-state index contributed by atoms with van der Waals surface area (Å²) < 4.78 is 53.4. The van der Waals surface area contributed by atoms with Gasteiger partial charge in [0.05, 0.1) is 5.75 Å². The van der Waals surface area contributed by atoms with Gasteiger partial charge >= 0.3 is 6.09 Å². The zero-order valence-electron chi connectivity index (χ0n) is 12.1. The first-order chi connectivity index (χ1) is 10.8. The molecule has 9 heteroatoms. The minimum absolute atomic E-state index is 0.0218. The number of ether oxygens (including phenoxy) is 1. The Morgan fingerprint density at radius 1 is 1.30 bits per heavy atom. The van der Waals surface area contributed by atoms with Gasteiger partial charge in [-0.05, 0) is 5.56 Å². The molecule has 1 aromatic rings. The number of rotatable bonds is 5. The molecule has 2 rings (SSSR count). The highest BCUT2D eigenvalue weighted by molar-refractivity contribution is 8.13. The van der Waals surface area contributed by atoms with Gasteiger partial charge in [-0.25, -0.2) is 22.0 Å². The van der Waals surface area contributed by atoms with E-state index in [0.717, 1.165) is 10.5 Å². The van der Waals surface area contributed by atoms with E-state index in [-0.39, 0.29) is 19.7 Å². The molecule has 1 aromatic carbocycles. The van der Waals surface area contributed by atoms with Crippen molar-refractivity contribution in [3.05, 3.63) is 35.9 Å². The van der Waals surface area contributed by atoms with Gasteiger partial charge in [-0.1, -0.05) is 30.3 Å². The van der Waals surface area contributed by atoms with E-state index >= 15 is 0 Å². The second-order valence-electron chi connectivity index (χ2n) is 5.41. The number of hydrogen-bond acceptors (Lipinski definition) is 4. The van der Waals surface area contributed by atoms with E-state index in [1.807, 2.05) is 6.07 Å². The fourth-order valence-electron chi connectivity index (χ4n) is 2.57. The Morgan fingerprint density at radius 3 is 2.52 bits per heavy atom. The summed E-state index contributed by atoms with van der Waals surface area (Å²) in [6.07, 6.45) is -3.47. The molecule has 5 nitrogen and oxygen atoms in total. The van der Waals surface area contributed by atoms with E-state index in [9.17, 15) is 22.0 Å². The molecule has 23 heavy (non-hydrogen) atoms. The summed E-state index contributed by atoms with van der Waals surface area (Å²) in [4.78, 5) is 13.1. The molecule has 1 amide bonds. The number of carbonyl (C=O) groups excluding carboxylic acids is 1. The summed E-state index contributed by atoms with van der Waals surface area (Å²) in [6.45, 7) is -0.342. The molecule has 0 aromatic heterocycles. The molecule has 1 aliphatic rings. The van der Waals surface area contributed by atoms with Gasteiger partial charge in [-0.3, -0.25) is 0 Å². The van der Waals surface area contributed by atoms with Crippen LogP contribution >= 0.6 is 10.7 Å². The molecule has 0 bridgehead atoms. The third-order valence-electron chi connectivity index (χ3n) is 3.69. The van der Waals surface area contributed by atoms with Gasteiger partial charge in [0.25, 0.3) is 0 Å². The number of carbonyl (C=O) groups is 1. The smallest absolute Gasteiger partial charge is 0.410 e. The number of halogens is 3. The molecule has 128 valence electrons. The Hall–Kier alpha value is -1.41. The zero-order chi connectivity index (χ0) is 17.0. The molecule has 2 unspecified atom stereocenters. The van der Waals surface area contributed by atoms with Crippen molar-refractivity contribution in [2.24, 2.45) is 11.8 Å². The van der Waals surface area contributed by atoms with Crippen molar-refractivity contribution >= 4 is 25.8 Å². The minimum atomic E-state index is -3.92. The Labute approximate surface area is 137 Å². The lowest BCUT2D eigenvalue weighted by Crippen LogP contribution is -2.30. The first-order valence-electron chi connectivity index (χ1n) is 6.92. The standard InChI is InChI=1S/C14H16ClF2NO4S/c15-23(20,21)9-11-6-18(7-12(11)13(16)17)14(19)22-8-10-4-2-1-3-5-10/h1-5,11-13H,6-9H2. The highest BCUT2D eigenvalue weighted by Crippen LogP contribution is 2.31. The largest absolute Gasteiger partial charge is 0.445 e. The fourth-order valence-corrected chi connectivity index (χ4v) is 3.92. The van der Waals surface area contributed by atoms with Gasteiger partial charge in [0.15, 0.2) is 0 Å². The summed E-state index contributed by atoms with van der Waals surface area (Å²) in [7, 11) is 1.23. The maximum absolute atomic E-state index is 13.0. The van der Waals surface area contributed by atoms with Crippen LogP contribution in [0.1, 0.15) is 5.56 Å². The summed E-state index contributed by atoms with van der Waals surface area (Å²) in [5.41, 5.74) is 0.769. The topological polar surface area (TPSA) is 63.7 Å². The van der Waals surface area contributed by atoms with Crippen LogP contribution in [0.15, 0.2) is 30.3 Å². The molecular weight excluding hydrogens is 352 g/mol. The highest BCUT2D eigenvalue weighted by atomic mass is 35.7. The van der Waals surface area contributed by atoms with Crippen LogP contribution in [0.25, 0.3) is 0 Å². The number of amides is 1. The minimum Gasteiger partial charge on any atom is -0.445 e. The number of benzene rings is 1. The van der Waals surface area contributed by atoms with E-state index in [1.165, 1.54) is 0 Å². The maximum atomic E-state index is 13.0. The van der Waals surface area contributed by atoms with Crippen LogP contribution in [0.5, 0.6) is 0 Å². The van der Waals surface area contributed by atoms with E-state index in [2.05, 4.69) is 0 Å². The average Bonchev–Trinajstić information content (AvgIpc) is 2.88. The van der Waals surface area contributed by atoms with Crippen LogP contribution < -0.4 is 0 Å². The Kier molecular flexibility index (Phi) is 5.80. The van der Waals surface area contributed by atoms with Crippen LogP contribution in [-0.2, 0) is 20.4 Å². The van der Waals surface area contributed by atoms with Crippen molar-refractivity contribution in [1.29, 1.82) is 0 Å². The molecule has 0 radical (unpaired) electrons. The summed E-state index contributed by atoms with van der Waals surface area (Å²) in [5, 5.41) is 0.